The zero-order chi connectivity index (χ0) is 17.5. The van der Waals surface area contributed by atoms with Gasteiger partial charge in [-0.05, 0) is 84.2 Å². The van der Waals surface area contributed by atoms with Crippen LogP contribution in [-0.2, 0) is 0 Å². The molecule has 24 heavy (non-hydrogen) atoms. The van der Waals surface area contributed by atoms with Crippen molar-refractivity contribution in [2.75, 3.05) is 0 Å². The van der Waals surface area contributed by atoms with Gasteiger partial charge in [-0.1, -0.05) is 41.5 Å². The van der Waals surface area contributed by atoms with E-state index >= 15 is 0 Å². The molecule has 0 heterocycles. The molecule has 0 aromatic heterocycles. The van der Waals surface area contributed by atoms with Gasteiger partial charge in [0.15, 0.2) is 5.11 Å². The van der Waals surface area contributed by atoms with Crippen molar-refractivity contribution in [3.8, 4) is 0 Å². The fraction of sp³-hybridized carbons (Fsp3) is 0.952. The first-order chi connectivity index (χ1) is 11.0. The van der Waals surface area contributed by atoms with Crippen LogP contribution in [0.3, 0.4) is 0 Å². The Labute approximate surface area is 153 Å². The quantitative estimate of drug-likeness (QED) is 0.696. The fourth-order valence-corrected chi connectivity index (χ4v) is 7.86. The number of thiocarbonyl (C=S) groups is 1. The molecule has 2 nitrogen and oxygen atoms in total. The lowest BCUT2D eigenvalue weighted by atomic mass is 9.68. The second kappa shape index (κ2) is 4.90. The highest BCUT2D eigenvalue weighted by Crippen LogP contribution is 2.63. The van der Waals surface area contributed by atoms with E-state index < -0.39 is 0 Å². The Morgan fingerprint density at radius 1 is 0.750 bits per heavy atom. The Morgan fingerprint density at radius 3 is 1.42 bits per heavy atom. The average Bonchev–Trinajstić information content (AvgIpc) is 3.13. The zero-order valence-corrected chi connectivity index (χ0v) is 17.3. The first-order valence-electron chi connectivity index (χ1n) is 10.1. The molecule has 0 aromatic carbocycles. The van der Waals surface area contributed by atoms with E-state index in [1.807, 2.05) is 0 Å². The van der Waals surface area contributed by atoms with Gasteiger partial charge in [-0.15, -0.1) is 0 Å². The summed E-state index contributed by atoms with van der Waals surface area (Å²) in [4.78, 5) is 0. The molecule has 3 heteroatoms. The monoisotopic (exact) mass is 348 g/mol. The van der Waals surface area contributed by atoms with Crippen molar-refractivity contribution < 1.29 is 0 Å². The predicted molar refractivity (Wildman–Crippen MR) is 105 cm³/mol. The molecular formula is C21H36N2S. The van der Waals surface area contributed by atoms with Crippen molar-refractivity contribution in [3.05, 3.63) is 0 Å². The normalized spacial score (nSPS) is 50.2. The highest BCUT2D eigenvalue weighted by Gasteiger charge is 2.61. The first-order valence-corrected chi connectivity index (χ1v) is 10.5. The molecule has 6 unspecified atom stereocenters. The second-order valence-electron chi connectivity index (χ2n) is 11.3. The van der Waals surface area contributed by atoms with Crippen LogP contribution in [0, 0.1) is 33.5 Å². The van der Waals surface area contributed by atoms with Gasteiger partial charge >= 0.3 is 0 Å². The summed E-state index contributed by atoms with van der Waals surface area (Å²) in [6.45, 7) is 14.8. The molecule has 4 rings (SSSR count). The lowest BCUT2D eigenvalue weighted by Crippen LogP contribution is -2.59. The van der Waals surface area contributed by atoms with Crippen LogP contribution in [0.2, 0.25) is 0 Å². The maximum absolute atomic E-state index is 5.84. The Hall–Kier alpha value is -0.310. The third kappa shape index (κ3) is 2.15. The molecule has 2 N–H and O–H groups in total. The molecule has 0 saturated heterocycles. The fourth-order valence-electron chi connectivity index (χ4n) is 7.63. The summed E-state index contributed by atoms with van der Waals surface area (Å²) in [6.07, 6.45) is 8.25. The van der Waals surface area contributed by atoms with Gasteiger partial charge in [0.1, 0.15) is 0 Å². The van der Waals surface area contributed by atoms with E-state index in [9.17, 15) is 0 Å². The summed E-state index contributed by atoms with van der Waals surface area (Å²) < 4.78 is 0. The van der Waals surface area contributed by atoms with Gasteiger partial charge in [0.05, 0.1) is 0 Å². The van der Waals surface area contributed by atoms with Crippen LogP contribution in [0.4, 0.5) is 0 Å². The van der Waals surface area contributed by atoms with Crippen molar-refractivity contribution in [2.24, 2.45) is 33.5 Å². The minimum Gasteiger partial charge on any atom is -0.359 e. The molecular weight excluding hydrogens is 312 g/mol. The van der Waals surface area contributed by atoms with Crippen LogP contribution >= 0.6 is 12.2 Å². The minimum absolute atomic E-state index is 0.354. The number of fused-ring (bicyclic) bond motifs is 4. The van der Waals surface area contributed by atoms with Crippen LogP contribution < -0.4 is 10.6 Å². The molecule has 0 radical (unpaired) electrons. The van der Waals surface area contributed by atoms with E-state index in [1.165, 1.54) is 38.5 Å². The van der Waals surface area contributed by atoms with Crippen LogP contribution in [0.1, 0.15) is 80.1 Å². The first kappa shape index (κ1) is 17.1. The second-order valence-corrected chi connectivity index (χ2v) is 11.7. The number of nitrogens with one attached hydrogen (secondary N) is 2. The molecule has 0 aromatic rings. The maximum atomic E-state index is 5.84. The van der Waals surface area contributed by atoms with Gasteiger partial charge in [-0.25, -0.2) is 0 Å². The Bertz CT molecular complexity index is 511. The molecule has 4 fully saturated rings. The summed E-state index contributed by atoms with van der Waals surface area (Å²) in [5.41, 5.74) is 1.56. The molecule has 4 saturated carbocycles. The summed E-state index contributed by atoms with van der Waals surface area (Å²) in [7, 11) is 0. The molecule has 4 bridgehead atoms. The molecule has 4 aliphatic carbocycles. The molecule has 0 spiro atoms. The van der Waals surface area contributed by atoms with E-state index in [0.29, 0.717) is 33.7 Å². The molecule has 4 aliphatic rings. The van der Waals surface area contributed by atoms with Crippen molar-refractivity contribution in [2.45, 2.75) is 92.2 Å². The molecule has 136 valence electrons. The van der Waals surface area contributed by atoms with E-state index in [0.717, 1.165) is 16.9 Å². The van der Waals surface area contributed by atoms with E-state index in [4.69, 9.17) is 12.2 Å². The Morgan fingerprint density at radius 2 is 1.12 bits per heavy atom. The Balaban J connectivity index is 1.48. The summed E-state index contributed by atoms with van der Waals surface area (Å²) >= 11 is 5.84. The van der Waals surface area contributed by atoms with Gasteiger partial charge in [0, 0.05) is 12.1 Å². The minimum atomic E-state index is 0.354. The predicted octanol–water partition coefficient (Wildman–Crippen LogP) is 4.88. The average molecular weight is 349 g/mol. The zero-order valence-electron chi connectivity index (χ0n) is 16.5. The Kier molecular flexibility index (Phi) is 3.49. The number of hydrogen-bond acceptors (Lipinski definition) is 1. The van der Waals surface area contributed by atoms with Crippen LogP contribution in [-0.4, -0.2) is 17.2 Å². The third-order valence-electron chi connectivity index (χ3n) is 9.09. The molecule has 0 aliphatic heterocycles. The molecule has 6 atom stereocenters. The van der Waals surface area contributed by atoms with Crippen molar-refractivity contribution in [3.63, 3.8) is 0 Å². The van der Waals surface area contributed by atoms with Crippen molar-refractivity contribution in [1.29, 1.82) is 0 Å². The standard InChI is InChI=1S/C21H36N2S/c1-18(2)13-7-9-20(5,11-13)15(18)22-17(24)23-16-19(3,4)14-8-10-21(16,6)12-14/h13-16H,7-12H2,1-6H3,(H2,22,23,24). The van der Waals surface area contributed by atoms with Gasteiger partial charge in [-0.2, -0.15) is 0 Å². The van der Waals surface area contributed by atoms with E-state index in [2.05, 4.69) is 52.2 Å². The highest BCUT2D eigenvalue weighted by atomic mass is 32.1. The van der Waals surface area contributed by atoms with Gasteiger partial charge in [-0.3, -0.25) is 0 Å². The van der Waals surface area contributed by atoms with Gasteiger partial charge in [0.25, 0.3) is 0 Å². The lowest BCUT2D eigenvalue weighted by molar-refractivity contribution is 0.114. The van der Waals surface area contributed by atoms with Crippen molar-refractivity contribution >= 4 is 17.3 Å². The number of rotatable bonds is 2. The van der Waals surface area contributed by atoms with Gasteiger partial charge < -0.3 is 10.6 Å². The van der Waals surface area contributed by atoms with Crippen LogP contribution in [0.5, 0.6) is 0 Å². The third-order valence-corrected chi connectivity index (χ3v) is 9.33. The smallest absolute Gasteiger partial charge is 0.166 e. The van der Waals surface area contributed by atoms with E-state index in [1.54, 1.807) is 0 Å². The summed E-state index contributed by atoms with van der Waals surface area (Å²) in [5, 5.41) is 8.52. The summed E-state index contributed by atoms with van der Waals surface area (Å²) in [6, 6.07) is 1.02. The molecule has 0 amide bonds. The largest absolute Gasteiger partial charge is 0.359 e. The topological polar surface area (TPSA) is 24.1 Å². The lowest BCUT2D eigenvalue weighted by Gasteiger charge is -2.46. The van der Waals surface area contributed by atoms with E-state index in [-0.39, 0.29) is 0 Å². The van der Waals surface area contributed by atoms with Gasteiger partial charge in [0.2, 0.25) is 0 Å². The van der Waals surface area contributed by atoms with Crippen molar-refractivity contribution in [1.82, 2.24) is 10.6 Å². The van der Waals surface area contributed by atoms with Crippen LogP contribution in [0.15, 0.2) is 0 Å². The summed E-state index contributed by atoms with van der Waals surface area (Å²) in [5.74, 6) is 1.72. The maximum Gasteiger partial charge on any atom is 0.166 e. The highest BCUT2D eigenvalue weighted by molar-refractivity contribution is 7.80. The number of hydrogen-bond donors (Lipinski definition) is 2. The van der Waals surface area contributed by atoms with Crippen LogP contribution in [0.25, 0.3) is 0 Å². The SMILES string of the molecule is CC12CCC(C1)C(C)(C)C2NC(=S)NC1C2(C)CCC(C2)C1(C)C.